The molecule has 0 aromatic heterocycles. The van der Waals surface area contributed by atoms with E-state index in [-0.39, 0.29) is 17.2 Å². The highest BCUT2D eigenvalue weighted by atomic mass is 16.2. The minimum absolute atomic E-state index is 0.0283. The summed E-state index contributed by atoms with van der Waals surface area (Å²) in [6, 6.07) is 15.9. The predicted octanol–water partition coefficient (Wildman–Crippen LogP) is 4.00. The van der Waals surface area contributed by atoms with E-state index in [1.54, 1.807) is 11.8 Å². The molecular formula is C23H30N2O2. The summed E-state index contributed by atoms with van der Waals surface area (Å²) >= 11 is 0. The summed E-state index contributed by atoms with van der Waals surface area (Å²) in [6.07, 6.45) is 0.346. The molecule has 0 aliphatic heterocycles. The van der Waals surface area contributed by atoms with Gasteiger partial charge in [0, 0.05) is 25.7 Å². The third kappa shape index (κ3) is 5.95. The minimum atomic E-state index is -0.0705. The average molecular weight is 367 g/mol. The Bertz CT molecular complexity index is 789. The van der Waals surface area contributed by atoms with Crippen molar-refractivity contribution in [3.05, 3.63) is 65.2 Å². The number of hydrogen-bond acceptors (Lipinski definition) is 2. The number of benzene rings is 2. The number of nitrogens with zero attached hydrogens (tertiary/aromatic N) is 1. The Balaban J connectivity index is 2.01. The second-order valence-electron chi connectivity index (χ2n) is 7.95. The predicted molar refractivity (Wildman–Crippen MR) is 111 cm³/mol. The van der Waals surface area contributed by atoms with Crippen LogP contribution >= 0.6 is 0 Å². The molecule has 2 aromatic rings. The van der Waals surface area contributed by atoms with Gasteiger partial charge in [0.25, 0.3) is 0 Å². The molecule has 1 N–H and O–H groups in total. The fourth-order valence-electron chi connectivity index (χ4n) is 3.05. The Hall–Kier alpha value is -2.62. The monoisotopic (exact) mass is 366 g/mol. The topological polar surface area (TPSA) is 49.4 Å². The molecule has 144 valence electrons. The van der Waals surface area contributed by atoms with Crippen molar-refractivity contribution < 1.29 is 9.59 Å². The fraction of sp³-hybridized carbons (Fsp3) is 0.391. The van der Waals surface area contributed by atoms with Crippen LogP contribution in [0.1, 0.15) is 44.4 Å². The van der Waals surface area contributed by atoms with Crippen molar-refractivity contribution in [3.8, 4) is 0 Å². The summed E-state index contributed by atoms with van der Waals surface area (Å²) in [4.78, 5) is 26.2. The van der Waals surface area contributed by atoms with Crippen molar-refractivity contribution in [2.75, 3.05) is 18.0 Å². The van der Waals surface area contributed by atoms with Gasteiger partial charge in [-0.1, -0.05) is 68.8 Å². The summed E-state index contributed by atoms with van der Waals surface area (Å²) in [5.41, 5.74) is 4.11. The summed E-state index contributed by atoms with van der Waals surface area (Å²) in [5.74, 6) is -0.0639. The number of carbonyl (C=O) groups excluding carboxylic acids is 2. The van der Waals surface area contributed by atoms with Gasteiger partial charge >= 0.3 is 0 Å². The van der Waals surface area contributed by atoms with Gasteiger partial charge in [0.1, 0.15) is 0 Å². The quantitative estimate of drug-likeness (QED) is 0.840. The first-order valence-corrected chi connectivity index (χ1v) is 9.38. The van der Waals surface area contributed by atoms with Crippen LogP contribution in [0.4, 0.5) is 5.69 Å². The third-order valence-corrected chi connectivity index (χ3v) is 4.53. The summed E-state index contributed by atoms with van der Waals surface area (Å²) in [5, 5.41) is 2.93. The molecule has 0 aliphatic rings. The highest BCUT2D eigenvalue weighted by molar-refractivity contribution is 5.92. The first kappa shape index (κ1) is 20.7. The van der Waals surface area contributed by atoms with Gasteiger partial charge in [0.15, 0.2) is 0 Å². The summed E-state index contributed by atoms with van der Waals surface area (Å²) in [6.45, 7) is 10.8. The minimum Gasteiger partial charge on any atom is -0.354 e. The van der Waals surface area contributed by atoms with Crippen LogP contribution < -0.4 is 10.2 Å². The van der Waals surface area contributed by atoms with E-state index >= 15 is 0 Å². The highest BCUT2D eigenvalue weighted by Gasteiger charge is 2.22. The largest absolute Gasteiger partial charge is 0.354 e. The highest BCUT2D eigenvalue weighted by Crippen LogP contribution is 2.31. The van der Waals surface area contributed by atoms with Gasteiger partial charge in [-0.3, -0.25) is 9.59 Å². The lowest BCUT2D eigenvalue weighted by Crippen LogP contribution is -2.39. The molecule has 0 saturated heterocycles. The van der Waals surface area contributed by atoms with E-state index in [1.165, 1.54) is 5.56 Å². The Morgan fingerprint density at radius 2 is 1.63 bits per heavy atom. The Morgan fingerprint density at radius 1 is 1.00 bits per heavy atom. The molecule has 0 saturated carbocycles. The number of para-hydroxylation sites is 1. The molecule has 2 aromatic carbocycles. The second kappa shape index (κ2) is 8.85. The van der Waals surface area contributed by atoms with Gasteiger partial charge in [-0.15, -0.1) is 0 Å². The van der Waals surface area contributed by atoms with Crippen LogP contribution in [0, 0.1) is 6.92 Å². The van der Waals surface area contributed by atoms with Crippen molar-refractivity contribution in [1.82, 2.24) is 5.32 Å². The van der Waals surface area contributed by atoms with Gasteiger partial charge in [0.05, 0.1) is 6.42 Å². The lowest BCUT2D eigenvalue weighted by Gasteiger charge is -2.29. The smallest absolute Gasteiger partial charge is 0.224 e. The maximum atomic E-state index is 12.2. The zero-order valence-corrected chi connectivity index (χ0v) is 17.0. The van der Waals surface area contributed by atoms with Gasteiger partial charge in [-0.05, 0) is 29.5 Å². The van der Waals surface area contributed by atoms with Gasteiger partial charge in [-0.2, -0.15) is 0 Å². The van der Waals surface area contributed by atoms with E-state index in [2.05, 4.69) is 32.2 Å². The summed E-state index contributed by atoms with van der Waals surface area (Å²) < 4.78 is 0. The molecule has 0 unspecified atom stereocenters. The summed E-state index contributed by atoms with van der Waals surface area (Å²) in [7, 11) is 0. The molecule has 27 heavy (non-hydrogen) atoms. The Kier molecular flexibility index (Phi) is 6.78. The molecular weight excluding hydrogens is 336 g/mol. The second-order valence-corrected chi connectivity index (χ2v) is 7.95. The molecule has 0 fully saturated rings. The molecule has 4 heteroatoms. The van der Waals surface area contributed by atoms with Crippen LogP contribution in [0.5, 0.6) is 0 Å². The molecule has 0 radical (unpaired) electrons. The molecule has 0 atom stereocenters. The van der Waals surface area contributed by atoms with Crippen LogP contribution in [-0.4, -0.2) is 24.9 Å². The van der Waals surface area contributed by atoms with Crippen molar-refractivity contribution in [2.45, 2.75) is 46.5 Å². The number of amides is 2. The van der Waals surface area contributed by atoms with E-state index in [9.17, 15) is 9.59 Å². The van der Waals surface area contributed by atoms with Gasteiger partial charge in [-0.25, -0.2) is 0 Å². The molecule has 0 bridgehead atoms. The van der Waals surface area contributed by atoms with E-state index < -0.39 is 0 Å². The first-order valence-electron chi connectivity index (χ1n) is 9.38. The maximum absolute atomic E-state index is 12.2. The fourth-order valence-corrected chi connectivity index (χ4v) is 3.05. The van der Waals surface area contributed by atoms with Crippen LogP contribution in [0.25, 0.3) is 0 Å². The number of anilines is 1. The Labute approximate surface area is 162 Å². The van der Waals surface area contributed by atoms with E-state index in [4.69, 9.17) is 0 Å². The van der Waals surface area contributed by atoms with E-state index in [1.807, 2.05) is 49.4 Å². The third-order valence-electron chi connectivity index (χ3n) is 4.53. The SMILES string of the molecule is CC(=O)N(CCNC(=O)Cc1ccc(C)cc1)c1ccccc1C(C)(C)C. The maximum Gasteiger partial charge on any atom is 0.224 e. The number of aryl methyl sites for hydroxylation is 1. The molecule has 0 heterocycles. The van der Waals surface area contributed by atoms with E-state index in [0.29, 0.717) is 19.5 Å². The molecule has 2 amide bonds. The van der Waals surface area contributed by atoms with Crippen molar-refractivity contribution in [1.29, 1.82) is 0 Å². The van der Waals surface area contributed by atoms with Gasteiger partial charge < -0.3 is 10.2 Å². The molecule has 4 nitrogen and oxygen atoms in total. The van der Waals surface area contributed by atoms with Crippen molar-refractivity contribution in [2.24, 2.45) is 0 Å². The van der Waals surface area contributed by atoms with Gasteiger partial charge in [0.2, 0.25) is 11.8 Å². The number of rotatable bonds is 6. The van der Waals surface area contributed by atoms with Crippen molar-refractivity contribution in [3.63, 3.8) is 0 Å². The van der Waals surface area contributed by atoms with Crippen LogP contribution in [0.3, 0.4) is 0 Å². The molecule has 2 rings (SSSR count). The molecule has 0 aliphatic carbocycles. The zero-order valence-electron chi connectivity index (χ0n) is 17.0. The number of nitrogens with one attached hydrogen (secondary N) is 1. The van der Waals surface area contributed by atoms with Crippen molar-refractivity contribution >= 4 is 17.5 Å². The standard InChI is InChI=1S/C23H30N2O2/c1-17-10-12-19(13-11-17)16-22(27)24-14-15-25(18(2)26)21-9-7-6-8-20(21)23(3,4)5/h6-13H,14-16H2,1-5H3,(H,24,27). The lowest BCUT2D eigenvalue weighted by molar-refractivity contribution is -0.121. The van der Waals surface area contributed by atoms with Crippen LogP contribution in [-0.2, 0) is 21.4 Å². The lowest BCUT2D eigenvalue weighted by atomic mass is 9.85. The molecule has 0 spiro atoms. The van der Waals surface area contributed by atoms with E-state index in [0.717, 1.165) is 16.8 Å². The number of carbonyl (C=O) groups is 2. The zero-order chi connectivity index (χ0) is 20.0. The van der Waals surface area contributed by atoms with Crippen LogP contribution in [0.2, 0.25) is 0 Å². The normalized spacial score (nSPS) is 11.1. The number of hydrogen-bond donors (Lipinski definition) is 1. The Morgan fingerprint density at radius 3 is 2.22 bits per heavy atom. The van der Waals surface area contributed by atoms with Crippen LogP contribution in [0.15, 0.2) is 48.5 Å². The first-order chi connectivity index (χ1) is 12.7. The average Bonchev–Trinajstić information content (AvgIpc) is 2.60.